The molecule has 0 aliphatic carbocycles. The van der Waals surface area contributed by atoms with Gasteiger partial charge in [0, 0.05) is 6.04 Å². The van der Waals surface area contributed by atoms with Crippen LogP contribution < -0.4 is 5.32 Å². The Bertz CT molecular complexity index is 730. The molecule has 0 aliphatic heterocycles. The van der Waals surface area contributed by atoms with E-state index in [1.54, 1.807) is 0 Å². The van der Waals surface area contributed by atoms with Crippen molar-refractivity contribution in [1.29, 1.82) is 0 Å². The fraction of sp³-hybridized carbons (Fsp3) is 0.158. The largest absolute Gasteiger partial charge is 0.313 e. The van der Waals surface area contributed by atoms with Crippen molar-refractivity contribution in [2.75, 3.05) is 7.05 Å². The molecule has 100 valence electrons. The van der Waals surface area contributed by atoms with Gasteiger partial charge < -0.3 is 5.32 Å². The third-order valence-corrected chi connectivity index (χ3v) is 3.90. The molecule has 0 saturated heterocycles. The smallest absolute Gasteiger partial charge is 0.0289 e. The summed E-state index contributed by atoms with van der Waals surface area (Å²) in [5.74, 6) is 0. The minimum absolute atomic E-state index is 0.371. The molecule has 1 nitrogen and oxygen atoms in total. The molecule has 20 heavy (non-hydrogen) atoms. The van der Waals surface area contributed by atoms with Crippen LogP contribution in [0, 0.1) is 0 Å². The number of fused-ring (bicyclic) bond motifs is 1. The van der Waals surface area contributed by atoms with Gasteiger partial charge >= 0.3 is 0 Å². The van der Waals surface area contributed by atoms with Gasteiger partial charge in [-0.2, -0.15) is 0 Å². The van der Waals surface area contributed by atoms with Crippen LogP contribution in [0.4, 0.5) is 0 Å². The summed E-state index contributed by atoms with van der Waals surface area (Å²) in [4.78, 5) is 0. The Labute approximate surface area is 120 Å². The van der Waals surface area contributed by atoms with Crippen molar-refractivity contribution in [1.82, 2.24) is 5.32 Å². The molecule has 0 saturated carbocycles. The molecule has 3 aromatic carbocycles. The average Bonchev–Trinajstić information content (AvgIpc) is 2.53. The maximum Gasteiger partial charge on any atom is 0.0289 e. The van der Waals surface area contributed by atoms with Crippen molar-refractivity contribution in [2.45, 2.75) is 13.0 Å². The molecule has 0 aromatic heterocycles. The van der Waals surface area contributed by atoms with Crippen molar-refractivity contribution >= 4 is 10.8 Å². The number of hydrogen-bond donors (Lipinski definition) is 1. The molecule has 0 aliphatic rings. The summed E-state index contributed by atoms with van der Waals surface area (Å²) in [6, 6.07) is 24.3. The van der Waals surface area contributed by atoms with E-state index < -0.39 is 0 Å². The standard InChI is InChI=1S/C19H19N/c1-14(20-2)16-8-5-9-18(12-16)19-11-10-15-6-3-4-7-17(15)13-19/h3-14,20H,1-2H3. The predicted octanol–water partition coefficient (Wildman–Crippen LogP) is 4.79. The van der Waals surface area contributed by atoms with Crippen LogP contribution in [0.15, 0.2) is 66.7 Å². The van der Waals surface area contributed by atoms with Crippen LogP contribution in [0.2, 0.25) is 0 Å². The maximum atomic E-state index is 3.29. The molecule has 0 bridgehead atoms. The van der Waals surface area contributed by atoms with Gasteiger partial charge in [0.05, 0.1) is 0 Å². The van der Waals surface area contributed by atoms with E-state index >= 15 is 0 Å². The van der Waals surface area contributed by atoms with Gasteiger partial charge in [0.2, 0.25) is 0 Å². The highest BCUT2D eigenvalue weighted by atomic mass is 14.8. The molecule has 0 heterocycles. The maximum absolute atomic E-state index is 3.29. The van der Waals surface area contributed by atoms with E-state index in [1.165, 1.54) is 27.5 Å². The van der Waals surface area contributed by atoms with Gasteiger partial charge in [-0.1, -0.05) is 54.6 Å². The van der Waals surface area contributed by atoms with Gasteiger partial charge in [0.1, 0.15) is 0 Å². The van der Waals surface area contributed by atoms with Crippen LogP contribution in [0.25, 0.3) is 21.9 Å². The van der Waals surface area contributed by atoms with Crippen molar-refractivity contribution in [3.05, 3.63) is 72.3 Å². The molecule has 1 unspecified atom stereocenters. The highest BCUT2D eigenvalue weighted by Gasteiger charge is 2.05. The monoisotopic (exact) mass is 261 g/mol. The van der Waals surface area contributed by atoms with Gasteiger partial charge in [-0.25, -0.2) is 0 Å². The van der Waals surface area contributed by atoms with E-state index in [4.69, 9.17) is 0 Å². The van der Waals surface area contributed by atoms with E-state index in [0.29, 0.717) is 6.04 Å². The Kier molecular flexibility index (Phi) is 3.53. The lowest BCUT2D eigenvalue weighted by Crippen LogP contribution is -2.12. The molecule has 3 aromatic rings. The molecule has 0 amide bonds. The normalized spacial score (nSPS) is 12.5. The molecule has 1 N–H and O–H groups in total. The lowest BCUT2D eigenvalue weighted by Gasteiger charge is -2.12. The van der Waals surface area contributed by atoms with Gasteiger partial charge in [0.15, 0.2) is 0 Å². The van der Waals surface area contributed by atoms with Crippen molar-refractivity contribution < 1.29 is 0 Å². The Morgan fingerprint density at radius 2 is 1.50 bits per heavy atom. The molecular weight excluding hydrogens is 242 g/mol. The van der Waals surface area contributed by atoms with Crippen LogP contribution >= 0.6 is 0 Å². The summed E-state index contributed by atoms with van der Waals surface area (Å²) in [6.45, 7) is 2.18. The van der Waals surface area contributed by atoms with Gasteiger partial charge in [0.25, 0.3) is 0 Å². The molecule has 0 fully saturated rings. The number of benzene rings is 3. The quantitative estimate of drug-likeness (QED) is 0.715. The second kappa shape index (κ2) is 5.48. The first-order valence-corrected chi connectivity index (χ1v) is 7.04. The molecular formula is C19H19N. The predicted molar refractivity (Wildman–Crippen MR) is 86.9 cm³/mol. The van der Waals surface area contributed by atoms with Crippen LogP contribution in [-0.2, 0) is 0 Å². The van der Waals surface area contributed by atoms with E-state index in [-0.39, 0.29) is 0 Å². The summed E-state index contributed by atoms with van der Waals surface area (Å²) >= 11 is 0. The number of hydrogen-bond acceptors (Lipinski definition) is 1. The zero-order valence-corrected chi connectivity index (χ0v) is 11.9. The summed E-state index contributed by atoms with van der Waals surface area (Å²) in [6.07, 6.45) is 0. The average molecular weight is 261 g/mol. The molecule has 0 radical (unpaired) electrons. The van der Waals surface area contributed by atoms with Gasteiger partial charge in [-0.15, -0.1) is 0 Å². The van der Waals surface area contributed by atoms with E-state index in [0.717, 1.165) is 0 Å². The fourth-order valence-electron chi connectivity index (χ4n) is 2.52. The molecule has 1 heteroatoms. The summed E-state index contributed by atoms with van der Waals surface area (Å²) in [5.41, 5.74) is 3.86. The topological polar surface area (TPSA) is 12.0 Å². The number of nitrogens with one attached hydrogen (secondary N) is 1. The highest BCUT2D eigenvalue weighted by molar-refractivity contribution is 5.87. The highest BCUT2D eigenvalue weighted by Crippen LogP contribution is 2.26. The van der Waals surface area contributed by atoms with E-state index in [2.05, 4.69) is 79.0 Å². The fourth-order valence-corrected chi connectivity index (χ4v) is 2.52. The zero-order valence-electron chi connectivity index (χ0n) is 11.9. The minimum atomic E-state index is 0.371. The lowest BCUT2D eigenvalue weighted by molar-refractivity contribution is 0.652. The summed E-state index contributed by atoms with van der Waals surface area (Å²) < 4.78 is 0. The molecule has 3 rings (SSSR count). The van der Waals surface area contributed by atoms with Crippen molar-refractivity contribution in [3.63, 3.8) is 0 Å². The van der Waals surface area contributed by atoms with E-state index in [9.17, 15) is 0 Å². The Balaban J connectivity index is 2.06. The third kappa shape index (κ3) is 2.45. The van der Waals surface area contributed by atoms with E-state index in [1.807, 2.05) is 7.05 Å². The Morgan fingerprint density at radius 1 is 0.750 bits per heavy atom. The van der Waals surface area contributed by atoms with Crippen LogP contribution in [-0.4, -0.2) is 7.05 Å². The van der Waals surface area contributed by atoms with Crippen molar-refractivity contribution in [3.8, 4) is 11.1 Å². The lowest BCUT2D eigenvalue weighted by atomic mass is 9.98. The van der Waals surface area contributed by atoms with Gasteiger partial charge in [-0.05, 0) is 53.6 Å². The molecule has 0 spiro atoms. The first-order chi connectivity index (χ1) is 9.78. The van der Waals surface area contributed by atoms with Crippen molar-refractivity contribution in [2.24, 2.45) is 0 Å². The first kappa shape index (κ1) is 12.9. The summed E-state index contributed by atoms with van der Waals surface area (Å²) in [7, 11) is 1.99. The second-order valence-corrected chi connectivity index (χ2v) is 5.20. The zero-order chi connectivity index (χ0) is 13.9. The van der Waals surface area contributed by atoms with Crippen LogP contribution in [0.1, 0.15) is 18.5 Å². The second-order valence-electron chi connectivity index (χ2n) is 5.20. The number of rotatable bonds is 3. The Hall–Kier alpha value is -2.12. The van der Waals surface area contributed by atoms with Crippen LogP contribution in [0.3, 0.4) is 0 Å². The van der Waals surface area contributed by atoms with Crippen LogP contribution in [0.5, 0.6) is 0 Å². The first-order valence-electron chi connectivity index (χ1n) is 7.04. The third-order valence-electron chi connectivity index (χ3n) is 3.90. The SMILES string of the molecule is CNC(C)c1cccc(-c2ccc3ccccc3c2)c1. The minimum Gasteiger partial charge on any atom is -0.313 e. The molecule has 1 atom stereocenters. The van der Waals surface area contributed by atoms with Gasteiger partial charge in [-0.3, -0.25) is 0 Å². The summed E-state index contributed by atoms with van der Waals surface area (Å²) in [5, 5.41) is 5.87. The Morgan fingerprint density at radius 3 is 2.30 bits per heavy atom.